The first-order valence-electron chi connectivity index (χ1n) is 7.64. The quantitative estimate of drug-likeness (QED) is 0.767. The molecule has 2 atom stereocenters. The van der Waals surface area contributed by atoms with Gasteiger partial charge in [-0.2, -0.15) is 0 Å². The molecule has 1 nitrogen and oxygen atoms in total. The largest absolute Gasteiger partial charge is 0.310 e. The number of benzene rings is 1. The molecule has 0 spiro atoms. The average molecular weight is 342 g/mol. The number of rotatable bonds is 4. The van der Waals surface area contributed by atoms with Gasteiger partial charge in [0.25, 0.3) is 0 Å². The van der Waals surface area contributed by atoms with Crippen LogP contribution < -0.4 is 5.32 Å². The normalized spacial score (nSPS) is 23.6. The van der Waals surface area contributed by atoms with Crippen LogP contribution in [0, 0.1) is 17.2 Å². The van der Waals surface area contributed by atoms with E-state index in [4.69, 9.17) is 0 Å². The molecule has 0 radical (unpaired) electrons. The van der Waals surface area contributed by atoms with Crippen molar-refractivity contribution in [1.29, 1.82) is 0 Å². The van der Waals surface area contributed by atoms with Crippen molar-refractivity contribution in [2.75, 3.05) is 6.54 Å². The molecule has 0 aliphatic heterocycles. The number of hydrogen-bond acceptors (Lipinski definition) is 1. The molecule has 2 rings (SSSR count). The molecule has 1 aliphatic carbocycles. The third kappa shape index (κ3) is 3.43. The van der Waals surface area contributed by atoms with Crippen molar-refractivity contribution in [3.8, 4) is 0 Å². The fourth-order valence-electron chi connectivity index (χ4n) is 3.58. The lowest BCUT2D eigenvalue weighted by Crippen LogP contribution is -2.39. The molecule has 0 aromatic heterocycles. The Hall–Kier alpha value is -0.410. The number of halogens is 2. The molecule has 1 saturated carbocycles. The first-order chi connectivity index (χ1) is 9.45. The van der Waals surface area contributed by atoms with Gasteiger partial charge in [0, 0.05) is 16.1 Å². The van der Waals surface area contributed by atoms with E-state index in [0.29, 0.717) is 5.92 Å². The van der Waals surface area contributed by atoms with Crippen molar-refractivity contribution < 1.29 is 4.39 Å². The molecule has 2 unspecified atom stereocenters. The van der Waals surface area contributed by atoms with Gasteiger partial charge in [-0.25, -0.2) is 4.39 Å². The van der Waals surface area contributed by atoms with Crippen LogP contribution in [0.4, 0.5) is 4.39 Å². The van der Waals surface area contributed by atoms with E-state index >= 15 is 0 Å². The zero-order chi connectivity index (χ0) is 14.8. The van der Waals surface area contributed by atoms with Crippen LogP contribution in [0.2, 0.25) is 0 Å². The van der Waals surface area contributed by atoms with Crippen LogP contribution >= 0.6 is 15.9 Å². The minimum absolute atomic E-state index is 0.0967. The molecular formula is C17H25BrFN. The van der Waals surface area contributed by atoms with Gasteiger partial charge in [0.05, 0.1) is 0 Å². The van der Waals surface area contributed by atoms with Crippen molar-refractivity contribution in [1.82, 2.24) is 5.32 Å². The van der Waals surface area contributed by atoms with E-state index in [9.17, 15) is 4.39 Å². The van der Waals surface area contributed by atoms with Crippen LogP contribution in [0.1, 0.15) is 58.1 Å². The van der Waals surface area contributed by atoms with Gasteiger partial charge in [-0.3, -0.25) is 0 Å². The highest BCUT2D eigenvalue weighted by atomic mass is 79.9. The monoisotopic (exact) mass is 341 g/mol. The van der Waals surface area contributed by atoms with Gasteiger partial charge in [0.2, 0.25) is 0 Å². The van der Waals surface area contributed by atoms with Crippen LogP contribution in [0.3, 0.4) is 0 Å². The summed E-state index contributed by atoms with van der Waals surface area (Å²) in [6.45, 7) is 7.62. The highest BCUT2D eigenvalue weighted by Crippen LogP contribution is 2.47. The first-order valence-corrected chi connectivity index (χ1v) is 8.43. The van der Waals surface area contributed by atoms with Gasteiger partial charge in [-0.15, -0.1) is 0 Å². The lowest BCUT2D eigenvalue weighted by Gasteiger charge is -2.43. The Balaban J connectivity index is 2.37. The number of hydrogen-bond donors (Lipinski definition) is 1. The highest BCUT2D eigenvalue weighted by Gasteiger charge is 2.38. The van der Waals surface area contributed by atoms with Crippen LogP contribution in [-0.2, 0) is 0 Å². The van der Waals surface area contributed by atoms with E-state index in [1.54, 1.807) is 12.1 Å². The molecule has 20 heavy (non-hydrogen) atoms. The predicted molar refractivity (Wildman–Crippen MR) is 86.3 cm³/mol. The highest BCUT2D eigenvalue weighted by molar-refractivity contribution is 9.10. The molecule has 1 aromatic carbocycles. The maximum absolute atomic E-state index is 14.3. The molecule has 3 heteroatoms. The molecule has 1 aliphatic rings. The Morgan fingerprint density at radius 3 is 2.80 bits per heavy atom. The van der Waals surface area contributed by atoms with E-state index in [-0.39, 0.29) is 17.3 Å². The third-order valence-corrected chi connectivity index (χ3v) is 5.20. The fraction of sp³-hybridized carbons (Fsp3) is 0.647. The predicted octanol–water partition coefficient (Wildman–Crippen LogP) is 5.46. The van der Waals surface area contributed by atoms with Crippen molar-refractivity contribution >= 4 is 15.9 Å². The second kappa shape index (κ2) is 6.57. The summed E-state index contributed by atoms with van der Waals surface area (Å²) >= 11 is 3.47. The number of nitrogens with one attached hydrogen (secondary N) is 1. The summed E-state index contributed by atoms with van der Waals surface area (Å²) in [5.74, 6) is 0.389. The van der Waals surface area contributed by atoms with Crippen LogP contribution in [-0.4, -0.2) is 6.54 Å². The smallest absolute Gasteiger partial charge is 0.128 e. The molecule has 1 aromatic rings. The van der Waals surface area contributed by atoms with E-state index in [0.717, 1.165) is 16.6 Å². The van der Waals surface area contributed by atoms with Gasteiger partial charge >= 0.3 is 0 Å². The maximum Gasteiger partial charge on any atom is 0.128 e. The summed E-state index contributed by atoms with van der Waals surface area (Å²) in [5, 5.41) is 3.53. The van der Waals surface area contributed by atoms with Crippen molar-refractivity contribution in [3.05, 3.63) is 34.1 Å². The minimum atomic E-state index is -0.0967. The molecule has 1 N–H and O–H groups in total. The topological polar surface area (TPSA) is 12.0 Å². The summed E-state index contributed by atoms with van der Waals surface area (Å²) in [5.41, 5.74) is 1.07. The second-order valence-corrected chi connectivity index (χ2v) is 7.46. The van der Waals surface area contributed by atoms with Gasteiger partial charge in [0.15, 0.2) is 0 Å². The lowest BCUT2D eigenvalue weighted by molar-refractivity contribution is 0.0974. The van der Waals surface area contributed by atoms with Gasteiger partial charge in [-0.1, -0.05) is 49.5 Å². The van der Waals surface area contributed by atoms with Crippen molar-refractivity contribution in [3.63, 3.8) is 0 Å². The van der Waals surface area contributed by atoms with E-state index in [1.165, 1.54) is 25.7 Å². The second-order valence-electron chi connectivity index (χ2n) is 6.54. The average Bonchev–Trinajstić information content (AvgIpc) is 2.39. The third-order valence-electron chi connectivity index (χ3n) is 4.71. The van der Waals surface area contributed by atoms with Crippen LogP contribution in [0.5, 0.6) is 0 Å². The van der Waals surface area contributed by atoms with Gasteiger partial charge < -0.3 is 5.32 Å². The summed E-state index contributed by atoms with van der Waals surface area (Å²) < 4.78 is 15.2. The SMILES string of the molecule is CCNC(c1cc(Br)ccc1F)C1CCCCC1(C)C. The summed E-state index contributed by atoms with van der Waals surface area (Å²) in [6, 6.07) is 5.38. The van der Waals surface area contributed by atoms with E-state index < -0.39 is 0 Å². The van der Waals surface area contributed by atoms with E-state index in [1.807, 2.05) is 6.07 Å². The van der Waals surface area contributed by atoms with E-state index in [2.05, 4.69) is 42.0 Å². The molecule has 0 bridgehead atoms. The Morgan fingerprint density at radius 1 is 1.40 bits per heavy atom. The zero-order valence-electron chi connectivity index (χ0n) is 12.7. The van der Waals surface area contributed by atoms with Gasteiger partial charge in [0.1, 0.15) is 5.82 Å². The summed E-state index contributed by atoms with van der Waals surface area (Å²) in [4.78, 5) is 0. The Bertz CT molecular complexity index is 458. The summed E-state index contributed by atoms with van der Waals surface area (Å²) in [7, 11) is 0. The molecule has 0 heterocycles. The molecule has 0 amide bonds. The first kappa shape index (κ1) is 16.0. The van der Waals surface area contributed by atoms with Crippen LogP contribution in [0.25, 0.3) is 0 Å². The molecule has 112 valence electrons. The Morgan fingerprint density at radius 2 is 2.15 bits per heavy atom. The summed E-state index contributed by atoms with van der Waals surface area (Å²) in [6.07, 6.45) is 4.96. The van der Waals surface area contributed by atoms with Crippen molar-refractivity contribution in [2.45, 2.75) is 52.5 Å². The molecule has 1 fully saturated rings. The maximum atomic E-state index is 14.3. The minimum Gasteiger partial charge on any atom is -0.310 e. The molecular weight excluding hydrogens is 317 g/mol. The zero-order valence-corrected chi connectivity index (χ0v) is 14.3. The van der Waals surface area contributed by atoms with Gasteiger partial charge in [-0.05, 0) is 48.9 Å². The molecule has 0 saturated heterocycles. The Kier molecular flexibility index (Phi) is 5.25. The fourth-order valence-corrected chi connectivity index (χ4v) is 3.96. The lowest BCUT2D eigenvalue weighted by atomic mass is 9.64. The standard InChI is InChI=1S/C17H25BrFN/c1-4-20-16(13-11-12(18)8-9-15(13)19)14-7-5-6-10-17(14,2)3/h8-9,11,14,16,20H,4-7,10H2,1-3H3. The Labute approximate surface area is 130 Å². The van der Waals surface area contributed by atoms with Crippen LogP contribution in [0.15, 0.2) is 22.7 Å². The van der Waals surface area contributed by atoms with Crippen molar-refractivity contribution in [2.24, 2.45) is 11.3 Å².